The first-order valence-electron chi connectivity index (χ1n) is 6.76. The molecule has 2 rings (SSSR count). The lowest BCUT2D eigenvalue weighted by Gasteiger charge is -2.26. The summed E-state index contributed by atoms with van der Waals surface area (Å²) in [5.41, 5.74) is 0.863. The Morgan fingerprint density at radius 2 is 1.89 bits per heavy atom. The zero-order valence-electron chi connectivity index (χ0n) is 11.0. The van der Waals surface area contributed by atoms with Gasteiger partial charge in [-0.2, -0.15) is 0 Å². The van der Waals surface area contributed by atoms with Gasteiger partial charge in [0.2, 0.25) is 5.91 Å². The first-order chi connectivity index (χ1) is 9.13. The summed E-state index contributed by atoms with van der Waals surface area (Å²) in [5.74, 6) is 0.00190. The van der Waals surface area contributed by atoms with Crippen LogP contribution in [0.4, 0.5) is 0 Å². The van der Waals surface area contributed by atoms with Gasteiger partial charge in [0.1, 0.15) is 0 Å². The van der Waals surface area contributed by atoms with Crippen molar-refractivity contribution in [1.29, 1.82) is 0 Å². The number of hydrogen-bond acceptors (Lipinski definition) is 2. The molecule has 0 aliphatic heterocycles. The molecule has 1 amide bonds. The summed E-state index contributed by atoms with van der Waals surface area (Å²) in [5, 5.41) is 13.1. The van der Waals surface area contributed by atoms with Crippen molar-refractivity contribution < 1.29 is 9.90 Å². The molecule has 1 aliphatic carbocycles. The van der Waals surface area contributed by atoms with Crippen LogP contribution in [0.2, 0.25) is 5.02 Å². The highest BCUT2D eigenvalue weighted by Gasteiger charge is 2.33. The summed E-state index contributed by atoms with van der Waals surface area (Å²) in [7, 11) is 0. The van der Waals surface area contributed by atoms with E-state index in [9.17, 15) is 9.90 Å². The van der Waals surface area contributed by atoms with Gasteiger partial charge in [0, 0.05) is 17.0 Å². The minimum absolute atomic E-state index is 0.00190. The number of nitrogens with one attached hydrogen (secondary N) is 1. The Morgan fingerprint density at radius 1 is 1.26 bits per heavy atom. The predicted molar refractivity (Wildman–Crippen MR) is 76.2 cm³/mol. The highest BCUT2D eigenvalue weighted by atomic mass is 35.5. The van der Waals surface area contributed by atoms with Gasteiger partial charge in [0.15, 0.2) is 0 Å². The number of aliphatic hydroxyl groups excluding tert-OH is 1. The maximum absolute atomic E-state index is 11.9. The Kier molecular flexibility index (Phi) is 4.83. The molecule has 0 unspecified atom stereocenters. The largest absolute Gasteiger partial charge is 0.396 e. The summed E-state index contributed by atoms with van der Waals surface area (Å²) >= 11 is 5.80. The standard InChI is InChI=1S/C15H20ClNO2/c16-13-5-3-12(4-6-13)9-14(19)17-10-15(11-18)7-1-2-8-15/h3-6,18H,1-2,7-11H2,(H,17,19). The molecule has 0 aromatic heterocycles. The molecule has 1 aliphatic rings. The van der Waals surface area contributed by atoms with Crippen molar-refractivity contribution in [3.63, 3.8) is 0 Å². The highest BCUT2D eigenvalue weighted by Crippen LogP contribution is 2.36. The fourth-order valence-electron chi connectivity index (χ4n) is 2.65. The van der Waals surface area contributed by atoms with Crippen molar-refractivity contribution in [2.45, 2.75) is 32.1 Å². The van der Waals surface area contributed by atoms with E-state index in [2.05, 4.69) is 5.32 Å². The molecule has 0 atom stereocenters. The number of carbonyl (C=O) groups excluding carboxylic acids is 1. The molecule has 0 heterocycles. The Bertz CT molecular complexity index is 424. The van der Waals surface area contributed by atoms with Crippen LogP contribution in [0.15, 0.2) is 24.3 Å². The third kappa shape index (κ3) is 3.95. The summed E-state index contributed by atoms with van der Waals surface area (Å²) < 4.78 is 0. The van der Waals surface area contributed by atoms with Crippen LogP contribution >= 0.6 is 11.6 Å². The SMILES string of the molecule is O=C(Cc1ccc(Cl)cc1)NCC1(CO)CCCC1. The van der Waals surface area contributed by atoms with E-state index in [1.807, 2.05) is 12.1 Å². The van der Waals surface area contributed by atoms with Crippen LogP contribution in [0.25, 0.3) is 0 Å². The molecule has 0 radical (unpaired) electrons. The van der Waals surface area contributed by atoms with Crippen LogP contribution < -0.4 is 5.32 Å². The number of rotatable bonds is 5. The molecule has 2 N–H and O–H groups in total. The minimum Gasteiger partial charge on any atom is -0.396 e. The molecule has 1 fully saturated rings. The molecule has 3 nitrogen and oxygen atoms in total. The molecular formula is C15H20ClNO2. The van der Waals surface area contributed by atoms with Gasteiger partial charge in [-0.25, -0.2) is 0 Å². The van der Waals surface area contributed by atoms with E-state index < -0.39 is 0 Å². The van der Waals surface area contributed by atoms with Gasteiger partial charge in [-0.1, -0.05) is 36.6 Å². The van der Waals surface area contributed by atoms with E-state index in [0.717, 1.165) is 31.2 Å². The van der Waals surface area contributed by atoms with Crippen molar-refractivity contribution in [3.8, 4) is 0 Å². The highest BCUT2D eigenvalue weighted by molar-refractivity contribution is 6.30. The Balaban J connectivity index is 1.82. The van der Waals surface area contributed by atoms with Crippen molar-refractivity contribution in [3.05, 3.63) is 34.9 Å². The number of hydrogen-bond donors (Lipinski definition) is 2. The smallest absolute Gasteiger partial charge is 0.224 e. The molecule has 104 valence electrons. The topological polar surface area (TPSA) is 49.3 Å². The molecule has 0 saturated heterocycles. The number of benzene rings is 1. The lowest BCUT2D eigenvalue weighted by Crippen LogP contribution is -2.38. The molecule has 4 heteroatoms. The third-order valence-corrected chi connectivity index (χ3v) is 4.19. The normalized spacial score (nSPS) is 17.4. The average Bonchev–Trinajstić information content (AvgIpc) is 2.89. The number of carbonyl (C=O) groups is 1. The van der Waals surface area contributed by atoms with Gasteiger partial charge in [0.25, 0.3) is 0 Å². The van der Waals surface area contributed by atoms with E-state index in [-0.39, 0.29) is 17.9 Å². The summed E-state index contributed by atoms with van der Waals surface area (Å²) in [6, 6.07) is 7.30. The van der Waals surface area contributed by atoms with E-state index in [1.54, 1.807) is 12.1 Å². The molecule has 1 aromatic carbocycles. The van der Waals surface area contributed by atoms with Crippen molar-refractivity contribution >= 4 is 17.5 Å². The maximum Gasteiger partial charge on any atom is 0.224 e. The predicted octanol–water partition coefficient (Wildman–Crippen LogP) is 2.55. The first kappa shape index (κ1) is 14.4. The first-order valence-corrected chi connectivity index (χ1v) is 7.13. The Morgan fingerprint density at radius 3 is 2.47 bits per heavy atom. The van der Waals surface area contributed by atoms with Gasteiger partial charge in [0.05, 0.1) is 13.0 Å². The second-order valence-corrected chi connectivity index (χ2v) is 5.88. The Labute approximate surface area is 119 Å². The van der Waals surface area contributed by atoms with Crippen molar-refractivity contribution in [2.75, 3.05) is 13.2 Å². The molecule has 1 aromatic rings. The van der Waals surface area contributed by atoms with Crippen LogP contribution in [-0.2, 0) is 11.2 Å². The average molecular weight is 282 g/mol. The molecule has 0 bridgehead atoms. The van der Waals surface area contributed by atoms with Crippen LogP contribution in [0.1, 0.15) is 31.2 Å². The van der Waals surface area contributed by atoms with Crippen molar-refractivity contribution in [1.82, 2.24) is 5.32 Å². The summed E-state index contributed by atoms with van der Waals surface area (Å²) in [6.07, 6.45) is 4.66. The number of aliphatic hydroxyl groups is 1. The zero-order chi connectivity index (χ0) is 13.7. The lowest BCUT2D eigenvalue weighted by atomic mass is 9.87. The van der Waals surface area contributed by atoms with Crippen molar-refractivity contribution in [2.24, 2.45) is 5.41 Å². The Hall–Kier alpha value is -1.06. The third-order valence-electron chi connectivity index (χ3n) is 3.94. The van der Waals surface area contributed by atoms with E-state index in [0.29, 0.717) is 18.0 Å². The van der Waals surface area contributed by atoms with Gasteiger partial charge in [-0.15, -0.1) is 0 Å². The summed E-state index contributed by atoms with van der Waals surface area (Å²) in [6.45, 7) is 0.740. The second kappa shape index (κ2) is 6.40. The zero-order valence-corrected chi connectivity index (χ0v) is 11.7. The monoisotopic (exact) mass is 281 g/mol. The fraction of sp³-hybridized carbons (Fsp3) is 0.533. The number of amides is 1. The molecule has 1 saturated carbocycles. The van der Waals surface area contributed by atoms with E-state index >= 15 is 0 Å². The maximum atomic E-state index is 11.9. The van der Waals surface area contributed by atoms with Crippen LogP contribution in [0.3, 0.4) is 0 Å². The van der Waals surface area contributed by atoms with E-state index in [1.165, 1.54) is 0 Å². The van der Waals surface area contributed by atoms with Gasteiger partial charge >= 0.3 is 0 Å². The molecular weight excluding hydrogens is 262 g/mol. The number of halogens is 1. The minimum atomic E-state index is -0.0876. The van der Waals surface area contributed by atoms with Gasteiger partial charge in [-0.3, -0.25) is 4.79 Å². The van der Waals surface area contributed by atoms with Crippen LogP contribution in [0, 0.1) is 5.41 Å². The fourth-order valence-corrected chi connectivity index (χ4v) is 2.78. The van der Waals surface area contributed by atoms with Crippen LogP contribution in [0.5, 0.6) is 0 Å². The second-order valence-electron chi connectivity index (χ2n) is 5.45. The molecule has 19 heavy (non-hydrogen) atoms. The summed E-state index contributed by atoms with van der Waals surface area (Å²) in [4.78, 5) is 11.9. The van der Waals surface area contributed by atoms with Gasteiger partial charge < -0.3 is 10.4 Å². The van der Waals surface area contributed by atoms with Gasteiger partial charge in [-0.05, 0) is 30.5 Å². The molecule has 0 spiro atoms. The van der Waals surface area contributed by atoms with Crippen LogP contribution in [-0.4, -0.2) is 24.2 Å². The lowest BCUT2D eigenvalue weighted by molar-refractivity contribution is -0.121. The van der Waals surface area contributed by atoms with E-state index in [4.69, 9.17) is 11.6 Å². The quantitative estimate of drug-likeness (QED) is 0.871.